The Bertz CT molecular complexity index is 834. The predicted molar refractivity (Wildman–Crippen MR) is 127 cm³/mol. The summed E-state index contributed by atoms with van der Waals surface area (Å²) in [4.78, 5) is 17.9. The quantitative estimate of drug-likeness (QED) is 0.717. The van der Waals surface area contributed by atoms with Crippen LogP contribution in [0, 0.1) is 12.8 Å². The molecule has 2 heterocycles. The maximum absolute atomic E-state index is 12.8. The molecule has 1 amide bonds. The average molecular weight is 420 g/mol. The molecular formula is C27H37N3O. The first-order valence-electron chi connectivity index (χ1n) is 12.0. The van der Waals surface area contributed by atoms with Crippen molar-refractivity contribution >= 4 is 5.91 Å². The van der Waals surface area contributed by atoms with Gasteiger partial charge in [-0.3, -0.25) is 14.6 Å². The van der Waals surface area contributed by atoms with Gasteiger partial charge in [0.05, 0.1) is 0 Å². The molecular weight excluding hydrogens is 382 g/mol. The van der Waals surface area contributed by atoms with Gasteiger partial charge in [0.25, 0.3) is 0 Å². The van der Waals surface area contributed by atoms with E-state index in [2.05, 4.69) is 70.6 Å². The topological polar surface area (TPSA) is 35.6 Å². The smallest absolute Gasteiger partial charge is 0.223 e. The second-order valence-electron chi connectivity index (χ2n) is 9.36. The standard InChI is InChI=1S/C27H37N3O/c1-22-9-11-23(12-10-22)20-30-17-13-24(14-18-30)27(31)28-19-25-7-3-4-8-26(25)21-29-15-5-2-6-16-29/h3-4,7-12,24H,2,5-6,13-21H2,1H3,(H,28,31). The summed E-state index contributed by atoms with van der Waals surface area (Å²) in [5.74, 6) is 0.367. The first-order chi connectivity index (χ1) is 15.2. The third kappa shape index (κ3) is 6.41. The number of carbonyl (C=O) groups is 1. The first kappa shape index (κ1) is 22.0. The lowest BCUT2D eigenvalue weighted by atomic mass is 9.95. The summed E-state index contributed by atoms with van der Waals surface area (Å²) in [6.07, 6.45) is 5.88. The largest absolute Gasteiger partial charge is 0.352 e. The van der Waals surface area contributed by atoms with E-state index in [4.69, 9.17) is 0 Å². The minimum absolute atomic E-state index is 0.142. The van der Waals surface area contributed by atoms with E-state index in [9.17, 15) is 4.79 Å². The maximum Gasteiger partial charge on any atom is 0.223 e. The average Bonchev–Trinajstić information content (AvgIpc) is 2.81. The highest BCUT2D eigenvalue weighted by Gasteiger charge is 2.25. The summed E-state index contributed by atoms with van der Waals surface area (Å²) in [5.41, 5.74) is 5.28. The van der Waals surface area contributed by atoms with E-state index in [0.717, 1.165) is 39.0 Å². The number of benzene rings is 2. The van der Waals surface area contributed by atoms with Crippen molar-refractivity contribution in [2.75, 3.05) is 26.2 Å². The summed E-state index contributed by atoms with van der Waals surface area (Å²) < 4.78 is 0. The molecule has 0 bridgehead atoms. The summed E-state index contributed by atoms with van der Waals surface area (Å²) in [5, 5.41) is 3.24. The highest BCUT2D eigenvalue weighted by atomic mass is 16.1. The monoisotopic (exact) mass is 419 g/mol. The number of rotatable bonds is 7. The van der Waals surface area contributed by atoms with Gasteiger partial charge in [0.1, 0.15) is 0 Å². The van der Waals surface area contributed by atoms with Crippen molar-refractivity contribution in [1.82, 2.24) is 15.1 Å². The molecule has 0 unspecified atom stereocenters. The van der Waals surface area contributed by atoms with Gasteiger partial charge < -0.3 is 5.32 Å². The van der Waals surface area contributed by atoms with Gasteiger partial charge in [-0.05, 0) is 75.5 Å². The molecule has 2 saturated heterocycles. The highest BCUT2D eigenvalue weighted by Crippen LogP contribution is 2.20. The van der Waals surface area contributed by atoms with E-state index in [0.29, 0.717) is 6.54 Å². The van der Waals surface area contributed by atoms with Gasteiger partial charge in [0, 0.05) is 25.6 Å². The molecule has 0 spiro atoms. The predicted octanol–water partition coefficient (Wildman–Crippen LogP) is 4.51. The zero-order valence-corrected chi connectivity index (χ0v) is 19.0. The molecule has 2 aliphatic heterocycles. The molecule has 4 rings (SSSR count). The Morgan fingerprint density at radius 1 is 0.839 bits per heavy atom. The number of nitrogens with one attached hydrogen (secondary N) is 1. The third-order valence-electron chi connectivity index (χ3n) is 6.90. The van der Waals surface area contributed by atoms with E-state index in [1.54, 1.807) is 0 Å². The van der Waals surface area contributed by atoms with Crippen molar-refractivity contribution in [3.63, 3.8) is 0 Å². The number of hydrogen-bond acceptors (Lipinski definition) is 3. The van der Waals surface area contributed by atoms with Crippen LogP contribution in [0.3, 0.4) is 0 Å². The van der Waals surface area contributed by atoms with Crippen LogP contribution in [-0.2, 0) is 24.4 Å². The molecule has 1 N–H and O–H groups in total. The van der Waals surface area contributed by atoms with Crippen molar-refractivity contribution in [1.29, 1.82) is 0 Å². The van der Waals surface area contributed by atoms with E-state index < -0.39 is 0 Å². The van der Waals surface area contributed by atoms with Gasteiger partial charge in [-0.15, -0.1) is 0 Å². The Balaban J connectivity index is 1.24. The number of carbonyl (C=O) groups excluding carboxylic acids is 1. The van der Waals surface area contributed by atoms with Crippen LogP contribution in [0.1, 0.15) is 54.4 Å². The molecule has 0 aromatic heterocycles. The second kappa shape index (κ2) is 10.9. The molecule has 4 nitrogen and oxygen atoms in total. The van der Waals surface area contributed by atoms with E-state index in [1.807, 2.05) is 0 Å². The fourth-order valence-electron chi connectivity index (χ4n) is 4.87. The van der Waals surface area contributed by atoms with E-state index in [1.165, 1.54) is 54.6 Å². The summed E-state index contributed by atoms with van der Waals surface area (Å²) in [7, 11) is 0. The SMILES string of the molecule is Cc1ccc(CN2CCC(C(=O)NCc3ccccc3CN3CCCCC3)CC2)cc1. The van der Waals surface area contributed by atoms with Gasteiger partial charge in [0.2, 0.25) is 5.91 Å². The molecule has 2 aromatic carbocycles. The van der Waals surface area contributed by atoms with Crippen molar-refractivity contribution in [3.05, 3.63) is 70.8 Å². The fourth-order valence-corrected chi connectivity index (χ4v) is 4.87. The molecule has 0 atom stereocenters. The minimum Gasteiger partial charge on any atom is -0.352 e. The third-order valence-corrected chi connectivity index (χ3v) is 6.90. The minimum atomic E-state index is 0.142. The van der Waals surface area contributed by atoms with Crippen LogP contribution in [0.15, 0.2) is 48.5 Å². The number of amides is 1. The van der Waals surface area contributed by atoms with Gasteiger partial charge in [-0.25, -0.2) is 0 Å². The van der Waals surface area contributed by atoms with Crippen molar-refractivity contribution in [2.24, 2.45) is 5.92 Å². The Hall–Kier alpha value is -2.17. The normalized spacial score (nSPS) is 18.7. The van der Waals surface area contributed by atoms with Crippen LogP contribution < -0.4 is 5.32 Å². The molecule has 4 heteroatoms. The Kier molecular flexibility index (Phi) is 7.76. The van der Waals surface area contributed by atoms with Gasteiger partial charge >= 0.3 is 0 Å². The zero-order chi connectivity index (χ0) is 21.5. The number of hydrogen-bond donors (Lipinski definition) is 1. The number of aryl methyl sites for hydroxylation is 1. The van der Waals surface area contributed by atoms with Crippen LogP contribution in [0.25, 0.3) is 0 Å². The molecule has 2 aromatic rings. The lowest BCUT2D eigenvalue weighted by molar-refractivity contribution is -0.126. The maximum atomic E-state index is 12.8. The van der Waals surface area contributed by atoms with Crippen LogP contribution >= 0.6 is 0 Å². The first-order valence-corrected chi connectivity index (χ1v) is 12.0. The second-order valence-corrected chi connectivity index (χ2v) is 9.36. The summed E-state index contributed by atoms with van der Waals surface area (Å²) in [6.45, 7) is 9.15. The molecule has 0 aliphatic carbocycles. The molecule has 0 radical (unpaired) electrons. The zero-order valence-electron chi connectivity index (χ0n) is 19.0. The summed E-state index contributed by atoms with van der Waals surface area (Å²) >= 11 is 0. The van der Waals surface area contributed by atoms with Crippen molar-refractivity contribution < 1.29 is 4.79 Å². The van der Waals surface area contributed by atoms with E-state index >= 15 is 0 Å². The fraction of sp³-hybridized carbons (Fsp3) is 0.519. The Labute approximate surface area is 187 Å². The van der Waals surface area contributed by atoms with E-state index in [-0.39, 0.29) is 11.8 Å². The molecule has 2 aliphatic rings. The number of piperidine rings is 2. The van der Waals surface area contributed by atoms with Crippen molar-refractivity contribution in [2.45, 2.75) is 58.7 Å². The lowest BCUT2D eigenvalue weighted by Crippen LogP contribution is -2.40. The highest BCUT2D eigenvalue weighted by molar-refractivity contribution is 5.78. The summed E-state index contributed by atoms with van der Waals surface area (Å²) in [6, 6.07) is 17.4. The molecule has 31 heavy (non-hydrogen) atoms. The number of nitrogens with zero attached hydrogens (tertiary/aromatic N) is 2. The molecule has 0 saturated carbocycles. The Morgan fingerprint density at radius 2 is 1.48 bits per heavy atom. The van der Waals surface area contributed by atoms with Gasteiger partial charge in [0.15, 0.2) is 0 Å². The van der Waals surface area contributed by atoms with Crippen LogP contribution in [0.2, 0.25) is 0 Å². The Morgan fingerprint density at radius 3 is 2.19 bits per heavy atom. The lowest BCUT2D eigenvalue weighted by Gasteiger charge is -2.31. The van der Waals surface area contributed by atoms with Gasteiger partial charge in [-0.1, -0.05) is 60.5 Å². The van der Waals surface area contributed by atoms with Crippen LogP contribution in [-0.4, -0.2) is 41.9 Å². The molecule has 2 fully saturated rings. The number of likely N-dealkylation sites (tertiary alicyclic amines) is 2. The van der Waals surface area contributed by atoms with Crippen molar-refractivity contribution in [3.8, 4) is 0 Å². The van der Waals surface area contributed by atoms with Crippen LogP contribution in [0.4, 0.5) is 0 Å². The molecule has 166 valence electrons. The van der Waals surface area contributed by atoms with Crippen LogP contribution in [0.5, 0.6) is 0 Å². The van der Waals surface area contributed by atoms with Gasteiger partial charge in [-0.2, -0.15) is 0 Å².